The standard InChI is InChI=1S/C18H24O3/c1-20-16-6-4-14(5-7-16)12-17(19)15-8-11-21-18(13-15)9-2-3-10-18/h4-7,15H,2-3,8-13H2,1H3. The van der Waals surface area contributed by atoms with Gasteiger partial charge in [-0.25, -0.2) is 0 Å². The molecule has 3 nitrogen and oxygen atoms in total. The summed E-state index contributed by atoms with van der Waals surface area (Å²) in [4.78, 5) is 12.6. The van der Waals surface area contributed by atoms with E-state index in [0.717, 1.165) is 43.6 Å². The van der Waals surface area contributed by atoms with Crippen molar-refractivity contribution in [2.45, 2.75) is 50.5 Å². The summed E-state index contributed by atoms with van der Waals surface area (Å²) >= 11 is 0. The average Bonchev–Trinajstić information content (AvgIpc) is 2.96. The lowest BCUT2D eigenvalue weighted by Crippen LogP contribution is -2.40. The maximum Gasteiger partial charge on any atom is 0.140 e. The summed E-state index contributed by atoms with van der Waals surface area (Å²) in [5.41, 5.74) is 1.10. The summed E-state index contributed by atoms with van der Waals surface area (Å²) in [5, 5.41) is 0. The van der Waals surface area contributed by atoms with Crippen molar-refractivity contribution >= 4 is 5.78 Å². The molecule has 1 aliphatic heterocycles. The van der Waals surface area contributed by atoms with Gasteiger partial charge < -0.3 is 9.47 Å². The highest BCUT2D eigenvalue weighted by Gasteiger charge is 2.41. The molecule has 1 spiro atoms. The van der Waals surface area contributed by atoms with E-state index in [0.29, 0.717) is 12.2 Å². The number of ketones is 1. The Balaban J connectivity index is 1.61. The fraction of sp³-hybridized carbons (Fsp3) is 0.611. The third kappa shape index (κ3) is 3.29. The van der Waals surface area contributed by atoms with E-state index in [4.69, 9.17) is 9.47 Å². The summed E-state index contributed by atoms with van der Waals surface area (Å²) in [7, 11) is 1.66. The van der Waals surface area contributed by atoms with Crippen LogP contribution in [-0.2, 0) is 16.0 Å². The molecule has 2 aliphatic rings. The number of hydrogen-bond donors (Lipinski definition) is 0. The van der Waals surface area contributed by atoms with E-state index in [-0.39, 0.29) is 11.5 Å². The van der Waals surface area contributed by atoms with E-state index in [2.05, 4.69) is 0 Å². The number of rotatable bonds is 4. The van der Waals surface area contributed by atoms with Crippen molar-refractivity contribution in [2.24, 2.45) is 5.92 Å². The van der Waals surface area contributed by atoms with E-state index in [1.54, 1.807) is 7.11 Å². The van der Waals surface area contributed by atoms with Crippen molar-refractivity contribution in [3.05, 3.63) is 29.8 Å². The lowest BCUT2D eigenvalue weighted by atomic mass is 9.81. The fourth-order valence-corrected chi connectivity index (χ4v) is 3.76. The molecule has 1 heterocycles. The van der Waals surface area contributed by atoms with Crippen molar-refractivity contribution in [3.8, 4) is 5.75 Å². The first-order valence-electron chi connectivity index (χ1n) is 8.00. The summed E-state index contributed by atoms with van der Waals surface area (Å²) in [6, 6.07) is 7.82. The zero-order valence-corrected chi connectivity index (χ0v) is 12.8. The first-order chi connectivity index (χ1) is 10.2. The quantitative estimate of drug-likeness (QED) is 0.850. The molecular weight excluding hydrogens is 264 g/mol. The predicted octanol–water partition coefficient (Wildman–Crippen LogP) is 3.55. The number of Topliss-reactive ketones (excluding diaryl/α,β-unsaturated/α-hetero) is 1. The van der Waals surface area contributed by atoms with Crippen LogP contribution in [0.3, 0.4) is 0 Å². The maximum absolute atomic E-state index is 12.6. The molecule has 0 bridgehead atoms. The van der Waals surface area contributed by atoms with Crippen LogP contribution in [-0.4, -0.2) is 25.1 Å². The molecule has 114 valence electrons. The van der Waals surface area contributed by atoms with Gasteiger partial charge >= 0.3 is 0 Å². The largest absolute Gasteiger partial charge is 0.497 e. The van der Waals surface area contributed by atoms with Gasteiger partial charge in [-0.05, 0) is 43.4 Å². The van der Waals surface area contributed by atoms with Gasteiger partial charge in [-0.3, -0.25) is 4.79 Å². The molecule has 1 aliphatic carbocycles. The average molecular weight is 288 g/mol. The molecule has 1 saturated carbocycles. The van der Waals surface area contributed by atoms with Crippen LogP contribution in [0.5, 0.6) is 5.75 Å². The topological polar surface area (TPSA) is 35.5 Å². The van der Waals surface area contributed by atoms with Crippen LogP contribution >= 0.6 is 0 Å². The number of methoxy groups -OCH3 is 1. The molecule has 3 heteroatoms. The van der Waals surface area contributed by atoms with Crippen molar-refractivity contribution in [3.63, 3.8) is 0 Å². The second-order valence-electron chi connectivity index (χ2n) is 6.42. The van der Waals surface area contributed by atoms with Crippen molar-refractivity contribution in [1.82, 2.24) is 0 Å². The number of ether oxygens (including phenoxy) is 2. The van der Waals surface area contributed by atoms with Gasteiger partial charge in [0.1, 0.15) is 11.5 Å². The first kappa shape index (κ1) is 14.6. The van der Waals surface area contributed by atoms with Crippen molar-refractivity contribution in [2.75, 3.05) is 13.7 Å². The molecule has 0 aromatic heterocycles. The molecule has 1 aromatic carbocycles. The minimum atomic E-state index is 0.0263. The monoisotopic (exact) mass is 288 g/mol. The normalized spacial score (nSPS) is 24.1. The molecule has 0 N–H and O–H groups in total. The lowest BCUT2D eigenvalue weighted by molar-refractivity contribution is -0.135. The van der Waals surface area contributed by atoms with Crippen LogP contribution in [0.1, 0.15) is 44.1 Å². The molecule has 1 aromatic rings. The Kier molecular flexibility index (Phi) is 4.29. The zero-order chi connectivity index (χ0) is 14.7. The summed E-state index contributed by atoms with van der Waals surface area (Å²) in [6.07, 6.45) is 7.13. The van der Waals surface area contributed by atoms with E-state index >= 15 is 0 Å². The van der Waals surface area contributed by atoms with Crippen LogP contribution in [0.2, 0.25) is 0 Å². The summed E-state index contributed by atoms with van der Waals surface area (Å²) in [5.74, 6) is 1.39. The van der Waals surface area contributed by atoms with Gasteiger partial charge in [-0.1, -0.05) is 25.0 Å². The van der Waals surface area contributed by atoms with Gasteiger partial charge in [0.25, 0.3) is 0 Å². The number of hydrogen-bond acceptors (Lipinski definition) is 3. The smallest absolute Gasteiger partial charge is 0.140 e. The number of carbonyl (C=O) groups is 1. The third-order valence-corrected chi connectivity index (χ3v) is 5.00. The zero-order valence-electron chi connectivity index (χ0n) is 12.8. The van der Waals surface area contributed by atoms with Crippen LogP contribution in [0.4, 0.5) is 0 Å². The molecule has 1 saturated heterocycles. The molecule has 1 unspecified atom stereocenters. The third-order valence-electron chi connectivity index (χ3n) is 5.00. The second kappa shape index (κ2) is 6.18. The Bertz CT molecular complexity index is 486. The highest BCUT2D eigenvalue weighted by molar-refractivity contribution is 5.83. The van der Waals surface area contributed by atoms with E-state index in [1.165, 1.54) is 12.8 Å². The molecule has 0 radical (unpaired) electrons. The molecule has 1 atom stereocenters. The van der Waals surface area contributed by atoms with E-state index in [1.807, 2.05) is 24.3 Å². The number of carbonyl (C=O) groups excluding carboxylic acids is 1. The van der Waals surface area contributed by atoms with Crippen molar-refractivity contribution < 1.29 is 14.3 Å². The van der Waals surface area contributed by atoms with Gasteiger partial charge in [-0.2, -0.15) is 0 Å². The maximum atomic E-state index is 12.6. The highest BCUT2D eigenvalue weighted by atomic mass is 16.5. The van der Waals surface area contributed by atoms with Gasteiger partial charge in [0.05, 0.1) is 12.7 Å². The second-order valence-corrected chi connectivity index (χ2v) is 6.42. The van der Waals surface area contributed by atoms with Gasteiger partial charge in [0.2, 0.25) is 0 Å². The van der Waals surface area contributed by atoms with Crippen LogP contribution < -0.4 is 4.74 Å². The van der Waals surface area contributed by atoms with Gasteiger partial charge in [-0.15, -0.1) is 0 Å². The Morgan fingerprint density at radius 1 is 1.29 bits per heavy atom. The number of benzene rings is 1. The SMILES string of the molecule is COc1ccc(CC(=O)C2CCOC3(CCCC3)C2)cc1. The molecule has 21 heavy (non-hydrogen) atoms. The van der Waals surface area contributed by atoms with Crippen LogP contribution in [0, 0.1) is 5.92 Å². The molecule has 0 amide bonds. The van der Waals surface area contributed by atoms with E-state index < -0.39 is 0 Å². The highest BCUT2D eigenvalue weighted by Crippen LogP contribution is 2.42. The minimum Gasteiger partial charge on any atom is -0.497 e. The lowest BCUT2D eigenvalue weighted by Gasteiger charge is -2.37. The summed E-state index contributed by atoms with van der Waals surface area (Å²) in [6.45, 7) is 0.749. The van der Waals surface area contributed by atoms with Crippen molar-refractivity contribution in [1.29, 1.82) is 0 Å². The molecular formula is C18H24O3. The Morgan fingerprint density at radius 2 is 2.00 bits per heavy atom. The molecule has 2 fully saturated rings. The first-order valence-corrected chi connectivity index (χ1v) is 8.00. The Hall–Kier alpha value is -1.35. The van der Waals surface area contributed by atoms with E-state index in [9.17, 15) is 4.79 Å². The summed E-state index contributed by atoms with van der Waals surface area (Å²) < 4.78 is 11.2. The van der Waals surface area contributed by atoms with Gasteiger partial charge in [0, 0.05) is 18.9 Å². The van der Waals surface area contributed by atoms with Crippen LogP contribution in [0.15, 0.2) is 24.3 Å². The molecule has 3 rings (SSSR count). The predicted molar refractivity (Wildman–Crippen MR) is 81.6 cm³/mol. The van der Waals surface area contributed by atoms with Gasteiger partial charge in [0.15, 0.2) is 0 Å². The fourth-order valence-electron chi connectivity index (χ4n) is 3.76. The van der Waals surface area contributed by atoms with Crippen LogP contribution in [0.25, 0.3) is 0 Å². The Labute approximate surface area is 126 Å². The minimum absolute atomic E-state index is 0.0263. The Morgan fingerprint density at radius 3 is 2.67 bits per heavy atom.